The number of quaternary nitrogens is 2. The van der Waals surface area contributed by atoms with Crippen molar-refractivity contribution in [2.24, 2.45) is 0 Å². The van der Waals surface area contributed by atoms with Crippen molar-refractivity contribution in [3.63, 3.8) is 0 Å². The van der Waals surface area contributed by atoms with Gasteiger partial charge in [0.2, 0.25) is 0 Å². The predicted octanol–water partition coefficient (Wildman–Crippen LogP) is -4.73. The molecule has 1 fully saturated rings. The van der Waals surface area contributed by atoms with Gasteiger partial charge in [-0.3, -0.25) is 0 Å². The molecule has 1 saturated carbocycles. The highest BCUT2D eigenvalue weighted by Crippen LogP contribution is 2.19. The molecule has 6 unspecified atom stereocenters. The maximum atomic E-state index is 9.75. The Hall–Kier alpha value is -0.240. The fourth-order valence-electron chi connectivity index (χ4n) is 2.03. The lowest BCUT2D eigenvalue weighted by atomic mass is 9.82. The van der Waals surface area contributed by atoms with Crippen molar-refractivity contribution in [1.29, 1.82) is 0 Å². The molecule has 8 N–H and O–H groups in total. The van der Waals surface area contributed by atoms with Crippen LogP contribution in [0.5, 0.6) is 0 Å². The summed E-state index contributed by atoms with van der Waals surface area (Å²) in [6.07, 6.45) is -3.27. The van der Waals surface area contributed by atoms with Crippen LogP contribution in [0.15, 0.2) is 0 Å². The van der Waals surface area contributed by atoms with E-state index in [4.69, 9.17) is 4.74 Å². The second-order valence-electron chi connectivity index (χ2n) is 3.75. The molecule has 0 aromatic rings. The number of nitrogens with two attached hydrogens (primary N) is 1. The minimum absolute atomic E-state index is 0.358. The summed E-state index contributed by atoms with van der Waals surface area (Å²) in [5.74, 6) is 0. The summed E-state index contributed by atoms with van der Waals surface area (Å²) >= 11 is 0. The predicted molar refractivity (Wildman–Crippen MR) is 47.1 cm³/mol. The molecule has 1 aliphatic rings. The molecule has 84 valence electrons. The van der Waals surface area contributed by atoms with E-state index in [0.717, 1.165) is 0 Å². The van der Waals surface area contributed by atoms with Gasteiger partial charge in [-0.15, -0.1) is 0 Å². The molecule has 0 heterocycles. The molecule has 1 aliphatic carbocycles. The molecule has 0 bridgehead atoms. The first-order valence-electron chi connectivity index (χ1n) is 4.74. The van der Waals surface area contributed by atoms with Crippen molar-refractivity contribution in [3.05, 3.63) is 0 Å². The van der Waals surface area contributed by atoms with Gasteiger partial charge in [-0.25, -0.2) is 0 Å². The van der Waals surface area contributed by atoms with Crippen molar-refractivity contribution in [1.82, 2.24) is 0 Å². The average Bonchev–Trinajstić information content (AvgIpc) is 2.20. The van der Waals surface area contributed by atoms with Crippen LogP contribution in [-0.4, -0.2) is 66.0 Å². The summed E-state index contributed by atoms with van der Waals surface area (Å²) in [5, 5.41) is 30.8. The molecule has 14 heavy (non-hydrogen) atoms. The van der Waals surface area contributed by atoms with E-state index in [1.165, 1.54) is 7.11 Å². The Bertz CT molecular complexity index is 172. The van der Waals surface area contributed by atoms with Gasteiger partial charge in [-0.1, -0.05) is 0 Å². The number of aliphatic hydroxyl groups excluding tert-OH is 3. The fourth-order valence-corrected chi connectivity index (χ4v) is 2.03. The van der Waals surface area contributed by atoms with Crippen LogP contribution in [0.3, 0.4) is 0 Å². The Balaban J connectivity index is 2.84. The number of ether oxygens (including phenoxy) is 1. The second-order valence-corrected chi connectivity index (χ2v) is 3.75. The van der Waals surface area contributed by atoms with Gasteiger partial charge < -0.3 is 31.1 Å². The molecular formula is C8H20N2O4+2. The summed E-state index contributed by atoms with van der Waals surface area (Å²) in [4.78, 5) is 0. The summed E-state index contributed by atoms with van der Waals surface area (Å²) in [7, 11) is 3.24. The van der Waals surface area contributed by atoms with Gasteiger partial charge in [0, 0.05) is 7.11 Å². The first-order valence-corrected chi connectivity index (χ1v) is 4.74. The van der Waals surface area contributed by atoms with Crippen LogP contribution in [0, 0.1) is 0 Å². The van der Waals surface area contributed by atoms with E-state index in [2.05, 4.69) is 5.73 Å². The molecule has 0 aromatic carbocycles. The maximum absolute atomic E-state index is 9.75. The number of rotatable bonds is 2. The average molecular weight is 208 g/mol. The zero-order valence-electron chi connectivity index (χ0n) is 8.50. The van der Waals surface area contributed by atoms with Crippen LogP contribution in [0.4, 0.5) is 0 Å². The first-order chi connectivity index (χ1) is 6.54. The number of methoxy groups -OCH3 is 1. The minimum atomic E-state index is -1.00. The Morgan fingerprint density at radius 2 is 1.71 bits per heavy atom. The van der Waals surface area contributed by atoms with E-state index >= 15 is 0 Å². The van der Waals surface area contributed by atoms with Crippen LogP contribution in [0.1, 0.15) is 0 Å². The van der Waals surface area contributed by atoms with Crippen molar-refractivity contribution in [2.45, 2.75) is 36.5 Å². The number of hydrogen-bond donors (Lipinski definition) is 5. The summed E-state index contributed by atoms with van der Waals surface area (Å²) in [6, 6.07) is -0.978. The molecule has 6 heteroatoms. The second kappa shape index (κ2) is 4.52. The zero-order valence-corrected chi connectivity index (χ0v) is 8.50. The monoisotopic (exact) mass is 208 g/mol. The van der Waals surface area contributed by atoms with E-state index in [0.29, 0.717) is 0 Å². The van der Waals surface area contributed by atoms with Gasteiger partial charge in [0.25, 0.3) is 0 Å². The van der Waals surface area contributed by atoms with Gasteiger partial charge in [0.1, 0.15) is 36.5 Å². The Morgan fingerprint density at radius 1 is 1.14 bits per heavy atom. The number of aliphatic hydroxyl groups is 3. The quantitative estimate of drug-likeness (QED) is 0.313. The lowest BCUT2D eigenvalue weighted by molar-refractivity contribution is -0.689. The highest BCUT2D eigenvalue weighted by atomic mass is 16.5. The zero-order chi connectivity index (χ0) is 10.9. The van der Waals surface area contributed by atoms with Gasteiger partial charge in [-0.05, 0) is 0 Å². The lowest BCUT2D eigenvalue weighted by Gasteiger charge is -2.39. The highest BCUT2D eigenvalue weighted by molar-refractivity contribution is 4.98. The molecule has 0 aliphatic heterocycles. The van der Waals surface area contributed by atoms with Gasteiger partial charge in [-0.2, -0.15) is 0 Å². The molecule has 0 spiro atoms. The normalized spacial score (nSPS) is 49.3. The van der Waals surface area contributed by atoms with Crippen LogP contribution < -0.4 is 11.1 Å². The van der Waals surface area contributed by atoms with Crippen LogP contribution >= 0.6 is 0 Å². The van der Waals surface area contributed by atoms with Crippen molar-refractivity contribution >= 4 is 0 Å². The molecule has 6 atom stereocenters. The molecule has 6 nitrogen and oxygen atoms in total. The van der Waals surface area contributed by atoms with Crippen molar-refractivity contribution in [2.75, 3.05) is 14.2 Å². The largest absolute Gasteiger partial charge is 0.384 e. The van der Waals surface area contributed by atoms with Gasteiger partial charge in [0.05, 0.1) is 7.05 Å². The first kappa shape index (κ1) is 11.8. The summed E-state index contributed by atoms with van der Waals surface area (Å²) in [5.41, 5.74) is 3.62. The fraction of sp³-hybridized carbons (Fsp3) is 1.00. The van der Waals surface area contributed by atoms with Crippen molar-refractivity contribution in [3.8, 4) is 0 Å². The highest BCUT2D eigenvalue weighted by Gasteiger charge is 2.52. The minimum Gasteiger partial charge on any atom is -0.384 e. The molecule has 0 radical (unpaired) electrons. The lowest BCUT2D eigenvalue weighted by Crippen LogP contribution is -2.97. The van der Waals surface area contributed by atoms with E-state index in [1.807, 2.05) is 0 Å². The van der Waals surface area contributed by atoms with E-state index in [-0.39, 0.29) is 6.04 Å². The summed E-state index contributed by atoms with van der Waals surface area (Å²) < 4.78 is 5.10. The topological polar surface area (TPSA) is 114 Å². The van der Waals surface area contributed by atoms with E-state index in [9.17, 15) is 15.3 Å². The molecule has 0 amide bonds. The third-order valence-corrected chi connectivity index (χ3v) is 2.99. The van der Waals surface area contributed by atoms with E-state index in [1.54, 1.807) is 12.4 Å². The summed E-state index contributed by atoms with van der Waals surface area (Å²) in [6.45, 7) is 0. The third kappa shape index (κ3) is 1.77. The molecule has 0 saturated heterocycles. The van der Waals surface area contributed by atoms with Crippen LogP contribution in [0.25, 0.3) is 0 Å². The van der Waals surface area contributed by atoms with Gasteiger partial charge >= 0.3 is 0 Å². The molecule has 1 rings (SSSR count). The van der Waals surface area contributed by atoms with Crippen LogP contribution in [0.2, 0.25) is 0 Å². The number of hydrogen-bond acceptors (Lipinski definition) is 4. The van der Waals surface area contributed by atoms with E-state index < -0.39 is 30.5 Å². The molecular weight excluding hydrogens is 188 g/mol. The Morgan fingerprint density at radius 3 is 2.14 bits per heavy atom. The van der Waals surface area contributed by atoms with Crippen LogP contribution in [-0.2, 0) is 4.74 Å². The Labute approximate surface area is 82.7 Å². The smallest absolute Gasteiger partial charge is 0.144 e. The number of likely N-dealkylation sites (N-methyl/N-ethyl adjacent to an activating group) is 1. The van der Waals surface area contributed by atoms with Gasteiger partial charge in [0.15, 0.2) is 0 Å². The maximum Gasteiger partial charge on any atom is 0.144 e. The third-order valence-electron chi connectivity index (χ3n) is 2.99. The SMILES string of the molecule is C[NH2+]C1C(O)C(O)C([NH3+])C(O)C1OC. The standard InChI is InChI=1S/C8H18N2O4/c1-10-4-7(13)5(11)3(9)6(12)8(4)14-2/h3-8,10-13H,9H2,1-2H3/p+2. The molecule has 0 aromatic heterocycles. The Kier molecular flexibility index (Phi) is 3.82. The van der Waals surface area contributed by atoms with Crippen molar-refractivity contribution < 1.29 is 31.1 Å².